The van der Waals surface area contributed by atoms with Crippen molar-refractivity contribution in [3.63, 3.8) is 0 Å². The minimum atomic E-state index is -0.515. The van der Waals surface area contributed by atoms with Crippen LogP contribution < -0.4 is 0 Å². The van der Waals surface area contributed by atoms with Gasteiger partial charge in [-0.2, -0.15) is 0 Å². The monoisotopic (exact) mass is 133 g/mol. The van der Waals surface area contributed by atoms with E-state index in [1.807, 2.05) is 0 Å². The highest BCUT2D eigenvalue weighted by atomic mass is 32.1. The molecule has 0 radical (unpaired) electrons. The molecule has 46 valence electrons. The Morgan fingerprint density at radius 3 is 2.00 bits per heavy atom. The third kappa shape index (κ3) is 1.97. The first-order valence-corrected chi connectivity index (χ1v) is 2.51. The largest absolute Gasteiger partial charge is 0.298 e. The Morgan fingerprint density at radius 2 is 2.00 bits per heavy atom. The van der Waals surface area contributed by atoms with Crippen molar-refractivity contribution in [2.24, 2.45) is 0 Å². The highest BCUT2D eigenvalue weighted by Gasteiger charge is 2.03. The second-order valence-corrected chi connectivity index (χ2v) is 2.00. The van der Waals surface area contributed by atoms with Crippen LogP contribution in [0.15, 0.2) is 10.6 Å². The second kappa shape index (κ2) is 2.71. The highest BCUT2D eigenvalue weighted by Crippen LogP contribution is 2.06. The first-order chi connectivity index (χ1) is 3.55. The SMILES string of the molecule is CC(C)=C(S)[N+](=O)[O-]. The number of nitrogens with zero attached hydrogens (tertiary/aromatic N) is 1. The van der Waals surface area contributed by atoms with E-state index in [0.717, 1.165) is 0 Å². The molecule has 0 aliphatic carbocycles. The van der Waals surface area contributed by atoms with E-state index in [1.165, 1.54) is 0 Å². The molecule has 0 bridgehead atoms. The number of rotatable bonds is 1. The van der Waals surface area contributed by atoms with Crippen molar-refractivity contribution in [2.45, 2.75) is 13.8 Å². The van der Waals surface area contributed by atoms with Gasteiger partial charge in [0.2, 0.25) is 0 Å². The Kier molecular flexibility index (Phi) is 2.54. The zero-order valence-corrected chi connectivity index (χ0v) is 5.61. The van der Waals surface area contributed by atoms with Gasteiger partial charge >= 0.3 is 0 Å². The van der Waals surface area contributed by atoms with Crippen LogP contribution >= 0.6 is 12.6 Å². The first kappa shape index (κ1) is 7.49. The Balaban J connectivity index is 4.23. The lowest BCUT2D eigenvalue weighted by atomic mass is 10.4. The Labute approximate surface area is 53.0 Å². The molecule has 0 spiro atoms. The molecule has 0 aromatic rings. The van der Waals surface area contributed by atoms with Crippen molar-refractivity contribution in [3.05, 3.63) is 20.7 Å². The summed E-state index contributed by atoms with van der Waals surface area (Å²) in [5.41, 5.74) is 0.623. The van der Waals surface area contributed by atoms with Crippen LogP contribution in [0.5, 0.6) is 0 Å². The van der Waals surface area contributed by atoms with Crippen LogP contribution in [0.3, 0.4) is 0 Å². The van der Waals surface area contributed by atoms with Crippen molar-refractivity contribution in [1.29, 1.82) is 0 Å². The molecule has 0 rings (SSSR count). The van der Waals surface area contributed by atoms with Crippen LogP contribution in [0.4, 0.5) is 0 Å². The number of thiol groups is 1. The predicted octanol–water partition coefficient (Wildman–Crippen LogP) is 1.44. The van der Waals surface area contributed by atoms with Crippen LogP contribution in [0.2, 0.25) is 0 Å². The summed E-state index contributed by atoms with van der Waals surface area (Å²) in [6, 6.07) is 0. The fourth-order valence-electron chi connectivity index (χ4n) is 0.183. The molecule has 0 amide bonds. The molecular formula is C4H7NO2S. The lowest BCUT2D eigenvalue weighted by Crippen LogP contribution is -1.92. The average molecular weight is 133 g/mol. The Morgan fingerprint density at radius 1 is 1.62 bits per heavy atom. The lowest BCUT2D eigenvalue weighted by Gasteiger charge is -1.87. The normalized spacial score (nSPS) is 8.38. The van der Waals surface area contributed by atoms with E-state index in [-0.39, 0.29) is 5.03 Å². The van der Waals surface area contributed by atoms with E-state index in [9.17, 15) is 10.1 Å². The molecule has 4 heteroatoms. The van der Waals surface area contributed by atoms with Gasteiger partial charge in [-0.25, -0.2) is 0 Å². The van der Waals surface area contributed by atoms with Gasteiger partial charge in [-0.1, -0.05) is 12.6 Å². The first-order valence-electron chi connectivity index (χ1n) is 2.06. The van der Waals surface area contributed by atoms with E-state index >= 15 is 0 Å². The highest BCUT2D eigenvalue weighted by molar-refractivity contribution is 7.84. The minimum absolute atomic E-state index is 0.0648. The molecule has 0 saturated carbocycles. The van der Waals surface area contributed by atoms with Crippen molar-refractivity contribution >= 4 is 12.6 Å². The molecule has 0 aliphatic rings. The molecule has 0 heterocycles. The maximum Gasteiger partial charge on any atom is 0.298 e. The van der Waals surface area contributed by atoms with Crippen molar-refractivity contribution < 1.29 is 4.92 Å². The molecule has 0 N–H and O–H groups in total. The molecule has 0 fully saturated rings. The number of hydrogen-bond acceptors (Lipinski definition) is 3. The molecule has 0 saturated heterocycles. The summed E-state index contributed by atoms with van der Waals surface area (Å²) >= 11 is 3.60. The van der Waals surface area contributed by atoms with E-state index in [4.69, 9.17) is 0 Å². The van der Waals surface area contributed by atoms with Crippen LogP contribution in [0.25, 0.3) is 0 Å². The topological polar surface area (TPSA) is 43.1 Å². The van der Waals surface area contributed by atoms with Gasteiger partial charge in [-0.3, -0.25) is 10.1 Å². The number of allylic oxidation sites excluding steroid dienone is 1. The Hall–Kier alpha value is -0.510. The van der Waals surface area contributed by atoms with Crippen LogP contribution in [0.1, 0.15) is 13.8 Å². The summed E-state index contributed by atoms with van der Waals surface area (Å²) in [6.07, 6.45) is 0. The van der Waals surface area contributed by atoms with E-state index in [1.54, 1.807) is 13.8 Å². The van der Waals surface area contributed by atoms with Crippen molar-refractivity contribution in [1.82, 2.24) is 0 Å². The van der Waals surface area contributed by atoms with Gasteiger partial charge in [-0.05, 0) is 13.8 Å². The van der Waals surface area contributed by atoms with Gasteiger partial charge in [0.25, 0.3) is 5.03 Å². The molecule has 0 unspecified atom stereocenters. The second-order valence-electron chi connectivity index (χ2n) is 1.58. The Bertz CT molecular complexity index is 137. The third-order valence-corrected chi connectivity index (χ3v) is 1.23. The van der Waals surface area contributed by atoms with Crippen LogP contribution in [-0.4, -0.2) is 4.92 Å². The summed E-state index contributed by atoms with van der Waals surface area (Å²) in [4.78, 5) is 9.30. The van der Waals surface area contributed by atoms with Gasteiger partial charge in [-0.15, -0.1) is 0 Å². The lowest BCUT2D eigenvalue weighted by molar-refractivity contribution is -0.411. The molecule has 0 atom stereocenters. The zero-order valence-electron chi connectivity index (χ0n) is 4.71. The standard InChI is InChI=1S/C4H7NO2S/c1-3(2)4(8)5(6)7/h8H,1-2H3. The van der Waals surface area contributed by atoms with E-state index in [2.05, 4.69) is 12.6 Å². The number of nitro groups is 1. The van der Waals surface area contributed by atoms with Crippen LogP contribution in [0, 0.1) is 10.1 Å². The maximum atomic E-state index is 9.81. The summed E-state index contributed by atoms with van der Waals surface area (Å²) in [5.74, 6) is 0. The van der Waals surface area contributed by atoms with Gasteiger partial charge in [0.15, 0.2) is 0 Å². The molecule has 0 aromatic heterocycles. The summed E-state index contributed by atoms with van der Waals surface area (Å²) < 4.78 is 0. The van der Waals surface area contributed by atoms with Crippen molar-refractivity contribution in [2.75, 3.05) is 0 Å². The van der Waals surface area contributed by atoms with E-state index < -0.39 is 4.92 Å². The quantitative estimate of drug-likeness (QED) is 0.334. The summed E-state index contributed by atoms with van der Waals surface area (Å²) in [7, 11) is 0. The van der Waals surface area contributed by atoms with Gasteiger partial charge in [0.1, 0.15) is 0 Å². The number of hydrogen-bond donors (Lipinski definition) is 1. The van der Waals surface area contributed by atoms with Gasteiger partial charge in [0.05, 0.1) is 4.92 Å². The van der Waals surface area contributed by atoms with E-state index in [0.29, 0.717) is 5.57 Å². The molecule has 8 heavy (non-hydrogen) atoms. The van der Waals surface area contributed by atoms with Gasteiger partial charge in [0, 0.05) is 5.57 Å². The molecular weight excluding hydrogens is 126 g/mol. The molecule has 0 aromatic carbocycles. The van der Waals surface area contributed by atoms with Crippen molar-refractivity contribution in [3.8, 4) is 0 Å². The summed E-state index contributed by atoms with van der Waals surface area (Å²) in [5, 5.41) is 9.75. The predicted molar refractivity (Wildman–Crippen MR) is 34.4 cm³/mol. The van der Waals surface area contributed by atoms with Gasteiger partial charge < -0.3 is 0 Å². The maximum absolute atomic E-state index is 9.81. The third-order valence-electron chi connectivity index (χ3n) is 0.620. The zero-order chi connectivity index (χ0) is 6.73. The van der Waals surface area contributed by atoms with Crippen LogP contribution in [-0.2, 0) is 0 Å². The smallest absolute Gasteiger partial charge is 0.258 e. The fourth-order valence-corrected chi connectivity index (χ4v) is 0.183. The average Bonchev–Trinajstić information content (AvgIpc) is 1.64. The molecule has 0 aliphatic heterocycles. The summed E-state index contributed by atoms with van der Waals surface area (Å²) in [6.45, 7) is 3.29. The minimum Gasteiger partial charge on any atom is -0.258 e. The molecule has 3 nitrogen and oxygen atoms in total. The fraction of sp³-hybridized carbons (Fsp3) is 0.500.